The number of aliphatic hydroxyl groups excluding tert-OH is 1. The van der Waals surface area contributed by atoms with Gasteiger partial charge in [-0.25, -0.2) is 0 Å². The molecule has 0 heterocycles. The van der Waals surface area contributed by atoms with Crippen LogP contribution in [0.15, 0.2) is 72.8 Å². The zero-order valence-electron chi connectivity index (χ0n) is 27.8. The van der Waals surface area contributed by atoms with E-state index in [4.69, 9.17) is 0 Å². The molecule has 2 saturated carbocycles. The minimum atomic E-state index is -0.735. The van der Waals surface area contributed by atoms with Crippen LogP contribution in [0.1, 0.15) is 132 Å². The fourth-order valence-corrected chi connectivity index (χ4v) is 10.2. The number of carbonyl (C=O) groups is 1. The first kappa shape index (κ1) is 33.1. The number of hydrogen-bond donors (Lipinski definition) is 3. The number of rotatable bonds is 9. The number of aliphatic carboxylic acids is 1. The van der Waals surface area contributed by atoms with Gasteiger partial charge < -0.3 is 15.3 Å². The number of hydrogen-bond acceptors (Lipinski definition) is 3. The molecule has 2 spiro atoms. The molecule has 3 N–H and O–H groups in total. The number of benzene rings is 2. The summed E-state index contributed by atoms with van der Waals surface area (Å²) in [5.41, 5.74) is 3.07. The summed E-state index contributed by atoms with van der Waals surface area (Å²) in [6.07, 6.45) is 27.8. The molecule has 0 aromatic heterocycles. The first-order valence-electron chi connectivity index (χ1n) is 18.5. The largest absolute Gasteiger partial charge is 0.508 e. The summed E-state index contributed by atoms with van der Waals surface area (Å²) in [5, 5.41) is 32.3. The first-order chi connectivity index (χ1) is 22.4. The van der Waals surface area contributed by atoms with E-state index in [1.165, 1.54) is 68.9 Å². The summed E-state index contributed by atoms with van der Waals surface area (Å²) in [5.74, 6) is 0.518. The molecule has 0 amide bonds. The van der Waals surface area contributed by atoms with Gasteiger partial charge >= 0.3 is 5.97 Å². The van der Waals surface area contributed by atoms with Gasteiger partial charge in [0.15, 0.2) is 0 Å². The quantitative estimate of drug-likeness (QED) is 0.192. The Kier molecular flexibility index (Phi) is 10.7. The maximum atomic E-state index is 13.2. The normalized spacial score (nSPS) is 30.8. The average Bonchev–Trinajstić information content (AvgIpc) is 3.72. The van der Waals surface area contributed by atoms with Gasteiger partial charge in [0.25, 0.3) is 0 Å². The SMILES string of the molecule is O=C(O)C1CC=CCC(CCCCCCC2C=CCC2)C(c2ccc(O)cc2)Cc2cccc(c2)C12CC(O)CC1(CCCC1)C2. The Bertz CT molecular complexity index is 1350. The molecule has 4 heteroatoms. The molecular weight excluding hydrogens is 568 g/mol. The molecule has 4 aliphatic rings. The summed E-state index contributed by atoms with van der Waals surface area (Å²) in [6, 6.07) is 16.7. The molecule has 2 bridgehead atoms. The maximum absolute atomic E-state index is 13.2. The maximum Gasteiger partial charge on any atom is 0.307 e. The van der Waals surface area contributed by atoms with Gasteiger partial charge in [0.1, 0.15) is 5.75 Å². The lowest BCUT2D eigenvalue weighted by atomic mass is 9.53. The van der Waals surface area contributed by atoms with Gasteiger partial charge in [0.05, 0.1) is 12.0 Å². The Morgan fingerprint density at radius 1 is 0.870 bits per heavy atom. The van der Waals surface area contributed by atoms with E-state index in [0.717, 1.165) is 56.4 Å². The van der Waals surface area contributed by atoms with Crippen LogP contribution in [0.2, 0.25) is 0 Å². The van der Waals surface area contributed by atoms with Crippen molar-refractivity contribution in [2.45, 2.75) is 133 Å². The third-order valence-corrected chi connectivity index (χ3v) is 12.4. The van der Waals surface area contributed by atoms with Crippen molar-refractivity contribution in [3.8, 4) is 5.75 Å². The van der Waals surface area contributed by atoms with Crippen LogP contribution in [0.3, 0.4) is 0 Å². The first-order valence-corrected chi connectivity index (χ1v) is 18.5. The van der Waals surface area contributed by atoms with Crippen LogP contribution in [-0.4, -0.2) is 27.4 Å². The molecule has 46 heavy (non-hydrogen) atoms. The number of aliphatic hydroxyl groups is 1. The fraction of sp³-hybridized carbons (Fsp3) is 0.595. The van der Waals surface area contributed by atoms with E-state index in [-0.39, 0.29) is 5.41 Å². The second-order valence-corrected chi connectivity index (χ2v) is 15.6. The van der Waals surface area contributed by atoms with Crippen LogP contribution in [0.5, 0.6) is 5.75 Å². The number of phenols is 1. The summed E-state index contributed by atoms with van der Waals surface area (Å²) < 4.78 is 0. The van der Waals surface area contributed by atoms with Crippen molar-refractivity contribution < 1.29 is 20.1 Å². The Morgan fingerprint density at radius 2 is 1.63 bits per heavy atom. The van der Waals surface area contributed by atoms with E-state index < -0.39 is 23.4 Å². The van der Waals surface area contributed by atoms with Crippen LogP contribution in [0.25, 0.3) is 0 Å². The topological polar surface area (TPSA) is 77.8 Å². The molecule has 2 aromatic carbocycles. The lowest BCUT2D eigenvalue weighted by molar-refractivity contribution is -0.147. The number of unbranched alkanes of at least 4 members (excludes halogenated alkanes) is 3. The lowest BCUT2D eigenvalue weighted by Gasteiger charge is -2.51. The van der Waals surface area contributed by atoms with Crippen LogP contribution in [-0.2, 0) is 16.6 Å². The fourth-order valence-electron chi connectivity index (χ4n) is 10.2. The van der Waals surface area contributed by atoms with E-state index in [2.05, 4.69) is 60.7 Å². The molecule has 248 valence electrons. The van der Waals surface area contributed by atoms with Gasteiger partial charge in [-0.15, -0.1) is 0 Å². The smallest absolute Gasteiger partial charge is 0.307 e. The molecule has 6 rings (SSSR count). The van der Waals surface area contributed by atoms with Crippen molar-refractivity contribution in [1.82, 2.24) is 0 Å². The highest BCUT2D eigenvalue weighted by Gasteiger charge is 2.54. The van der Waals surface area contributed by atoms with E-state index >= 15 is 0 Å². The van der Waals surface area contributed by atoms with Gasteiger partial charge in [0, 0.05) is 5.41 Å². The average molecular weight is 625 g/mol. The van der Waals surface area contributed by atoms with Crippen molar-refractivity contribution in [3.63, 3.8) is 0 Å². The molecular formula is C42H56O4. The number of carboxylic acid groups (broad SMARTS) is 1. The highest BCUT2D eigenvalue weighted by atomic mass is 16.4. The highest BCUT2D eigenvalue weighted by molar-refractivity contribution is 5.73. The summed E-state index contributed by atoms with van der Waals surface area (Å²) in [4.78, 5) is 13.2. The van der Waals surface area contributed by atoms with Crippen molar-refractivity contribution in [3.05, 3.63) is 89.5 Å². The second-order valence-electron chi connectivity index (χ2n) is 15.6. The van der Waals surface area contributed by atoms with Crippen LogP contribution < -0.4 is 0 Å². The van der Waals surface area contributed by atoms with E-state index in [0.29, 0.717) is 30.4 Å². The summed E-state index contributed by atoms with van der Waals surface area (Å²) >= 11 is 0. The number of aromatic hydroxyl groups is 1. The van der Waals surface area contributed by atoms with E-state index in [1.807, 2.05) is 12.1 Å². The summed E-state index contributed by atoms with van der Waals surface area (Å²) in [7, 11) is 0. The van der Waals surface area contributed by atoms with Gasteiger partial charge in [0.2, 0.25) is 0 Å². The van der Waals surface area contributed by atoms with Gasteiger partial charge in [-0.3, -0.25) is 4.79 Å². The molecule has 2 fully saturated rings. The van der Waals surface area contributed by atoms with Crippen molar-refractivity contribution in [1.29, 1.82) is 0 Å². The van der Waals surface area contributed by atoms with Crippen LogP contribution >= 0.6 is 0 Å². The second kappa shape index (κ2) is 14.9. The minimum absolute atomic E-state index is 0.0373. The Hall–Kier alpha value is -2.85. The number of phenolic OH excluding ortho intramolecular Hbond substituents is 1. The monoisotopic (exact) mass is 624 g/mol. The Morgan fingerprint density at radius 3 is 2.37 bits per heavy atom. The van der Waals surface area contributed by atoms with Gasteiger partial charge in [-0.2, -0.15) is 0 Å². The Labute approximate surface area is 277 Å². The minimum Gasteiger partial charge on any atom is -0.508 e. The molecule has 4 nitrogen and oxygen atoms in total. The van der Waals surface area contributed by atoms with Crippen molar-refractivity contribution >= 4 is 5.97 Å². The third-order valence-electron chi connectivity index (χ3n) is 12.4. The van der Waals surface area contributed by atoms with E-state index in [1.54, 1.807) is 0 Å². The number of allylic oxidation sites excluding steroid dienone is 4. The molecule has 0 aliphatic heterocycles. The standard InChI is InChI=1S/C42H56O4/c43-36-22-20-34(21-23-36)38-27-32-15-11-18-35(26-32)42(29-37(44)28-41(30-42)24-9-10-25-41)39(40(45)46)19-8-7-17-33(38)16-4-2-1-3-12-31-13-5-6-14-31/h5,7-8,11,13,15,18,20-23,26,31,33,37-39,43-44H,1-4,6,9-10,12,14,16-17,19,24-25,27-30H2,(H,45,46). The van der Waals surface area contributed by atoms with Crippen LogP contribution in [0, 0.1) is 23.2 Å². The number of carboxylic acids is 1. The third kappa shape index (κ3) is 7.64. The van der Waals surface area contributed by atoms with E-state index in [9.17, 15) is 20.1 Å². The lowest BCUT2D eigenvalue weighted by Crippen LogP contribution is -2.50. The highest BCUT2D eigenvalue weighted by Crippen LogP contribution is 2.59. The molecule has 0 radical (unpaired) electrons. The molecule has 6 unspecified atom stereocenters. The van der Waals surface area contributed by atoms with Gasteiger partial charge in [-0.05, 0) is 129 Å². The zero-order valence-corrected chi connectivity index (χ0v) is 27.8. The van der Waals surface area contributed by atoms with Crippen LogP contribution in [0.4, 0.5) is 0 Å². The predicted molar refractivity (Wildman–Crippen MR) is 186 cm³/mol. The van der Waals surface area contributed by atoms with Gasteiger partial charge in [-0.1, -0.05) is 99.2 Å². The zero-order chi connectivity index (χ0) is 32.0. The molecule has 6 atom stereocenters. The molecule has 4 aliphatic carbocycles. The predicted octanol–water partition coefficient (Wildman–Crippen LogP) is 10.0. The Balaban J connectivity index is 1.29. The number of fused-ring (bicyclic) bond motifs is 3. The molecule has 2 aromatic rings. The van der Waals surface area contributed by atoms with Crippen molar-refractivity contribution in [2.24, 2.45) is 23.2 Å². The molecule has 0 saturated heterocycles. The van der Waals surface area contributed by atoms with Crippen molar-refractivity contribution in [2.75, 3.05) is 0 Å². The summed E-state index contributed by atoms with van der Waals surface area (Å²) in [6.45, 7) is 0.